The summed E-state index contributed by atoms with van der Waals surface area (Å²) in [4.78, 5) is 27.3. The number of rotatable bonds is 9. The van der Waals surface area contributed by atoms with Crippen molar-refractivity contribution in [3.05, 3.63) is 102 Å². The molecule has 4 aromatic rings. The van der Waals surface area contributed by atoms with Crippen LogP contribution < -0.4 is 20.9 Å². The summed E-state index contributed by atoms with van der Waals surface area (Å²) < 4.78 is 6.00. The molecule has 3 aromatic carbocycles. The van der Waals surface area contributed by atoms with E-state index in [4.69, 9.17) is 9.94 Å². The summed E-state index contributed by atoms with van der Waals surface area (Å²) in [5, 5.41) is 16.0. The minimum absolute atomic E-state index is 0.134. The second-order valence-corrected chi connectivity index (χ2v) is 8.13. The summed E-state index contributed by atoms with van der Waals surface area (Å²) in [5.41, 5.74) is 6.32. The van der Waals surface area contributed by atoms with Gasteiger partial charge in [0.15, 0.2) is 0 Å². The lowest BCUT2D eigenvalue weighted by Gasteiger charge is -2.13. The highest BCUT2D eigenvalue weighted by Crippen LogP contribution is 2.19. The lowest BCUT2D eigenvalue weighted by Crippen LogP contribution is -2.18. The van der Waals surface area contributed by atoms with Gasteiger partial charge in [-0.2, -0.15) is 0 Å². The third-order valence-electron chi connectivity index (χ3n) is 5.35. The van der Waals surface area contributed by atoms with Crippen LogP contribution in [-0.2, 0) is 4.79 Å². The van der Waals surface area contributed by atoms with Crippen LogP contribution in [0.5, 0.6) is 5.75 Å². The van der Waals surface area contributed by atoms with Gasteiger partial charge in [-0.05, 0) is 59.7 Å². The molecule has 182 valence electrons. The van der Waals surface area contributed by atoms with E-state index in [1.807, 2.05) is 36.4 Å². The fourth-order valence-corrected chi connectivity index (χ4v) is 3.57. The molecule has 4 rings (SSSR count). The summed E-state index contributed by atoms with van der Waals surface area (Å²) in [6.45, 7) is 2.28. The average Bonchev–Trinajstić information content (AvgIpc) is 2.90. The molecule has 8 heteroatoms. The standard InChI is InChI=1S/C28H26N4O4/c1-19(33)31-24-10-12-26(13-11-24)36-18-21(14-20-6-8-22(9-7-20)28(34)32-35)16-29-25-15-23-4-2-3-5-27(23)30-17-25/h2-15,17,29,35H,16,18H2,1H3,(H,31,33)(H,32,34). The molecule has 36 heavy (non-hydrogen) atoms. The van der Waals surface area contributed by atoms with E-state index in [1.165, 1.54) is 6.92 Å². The van der Waals surface area contributed by atoms with E-state index < -0.39 is 5.91 Å². The highest BCUT2D eigenvalue weighted by atomic mass is 16.5. The third-order valence-corrected chi connectivity index (χ3v) is 5.35. The molecule has 0 saturated carbocycles. The summed E-state index contributed by atoms with van der Waals surface area (Å²) in [6, 6.07) is 24.0. The predicted octanol–water partition coefficient (Wildman–Crippen LogP) is 4.89. The highest BCUT2D eigenvalue weighted by Gasteiger charge is 2.06. The minimum atomic E-state index is -0.567. The molecule has 0 aliphatic rings. The molecule has 0 unspecified atom stereocenters. The first-order chi connectivity index (χ1) is 17.5. The number of nitrogens with zero attached hydrogens (tertiary/aromatic N) is 1. The Balaban J connectivity index is 1.50. The number of aromatic nitrogens is 1. The molecule has 4 N–H and O–H groups in total. The number of para-hydroxylation sites is 1. The zero-order chi connectivity index (χ0) is 25.3. The van der Waals surface area contributed by atoms with Gasteiger partial charge in [0.1, 0.15) is 12.4 Å². The van der Waals surface area contributed by atoms with Gasteiger partial charge in [-0.15, -0.1) is 0 Å². The molecule has 0 aliphatic heterocycles. The Morgan fingerprint density at radius 1 is 0.972 bits per heavy atom. The van der Waals surface area contributed by atoms with Crippen LogP contribution in [0.25, 0.3) is 17.0 Å². The number of carbonyl (C=O) groups is 2. The van der Waals surface area contributed by atoms with Crippen LogP contribution in [0.1, 0.15) is 22.8 Å². The number of benzene rings is 3. The normalized spacial score (nSPS) is 11.1. The molecule has 1 aromatic heterocycles. The molecule has 0 aliphatic carbocycles. The quantitative estimate of drug-likeness (QED) is 0.200. The lowest BCUT2D eigenvalue weighted by atomic mass is 10.1. The number of hydrogen-bond donors (Lipinski definition) is 4. The van der Waals surface area contributed by atoms with Crippen molar-refractivity contribution in [1.29, 1.82) is 0 Å². The van der Waals surface area contributed by atoms with Gasteiger partial charge in [-0.3, -0.25) is 19.8 Å². The second kappa shape index (κ2) is 11.6. The summed E-state index contributed by atoms with van der Waals surface area (Å²) >= 11 is 0. The number of amides is 2. The van der Waals surface area contributed by atoms with Gasteiger partial charge >= 0.3 is 0 Å². The Morgan fingerprint density at radius 2 is 1.72 bits per heavy atom. The van der Waals surface area contributed by atoms with E-state index in [1.54, 1.807) is 60.2 Å². The monoisotopic (exact) mass is 482 g/mol. The second-order valence-electron chi connectivity index (χ2n) is 8.13. The highest BCUT2D eigenvalue weighted by molar-refractivity contribution is 5.93. The average molecular weight is 483 g/mol. The first kappa shape index (κ1) is 24.4. The molecular formula is C28H26N4O4. The van der Waals surface area contributed by atoms with Crippen molar-refractivity contribution < 1.29 is 19.5 Å². The van der Waals surface area contributed by atoms with Crippen LogP contribution in [0, 0.1) is 0 Å². The number of fused-ring (bicyclic) bond motifs is 1. The van der Waals surface area contributed by atoms with E-state index >= 15 is 0 Å². The summed E-state index contributed by atoms with van der Waals surface area (Å²) in [5.74, 6) is -0.0368. The lowest BCUT2D eigenvalue weighted by molar-refractivity contribution is -0.114. The van der Waals surface area contributed by atoms with Crippen molar-refractivity contribution in [3.63, 3.8) is 0 Å². The largest absolute Gasteiger partial charge is 0.489 e. The topological polar surface area (TPSA) is 113 Å². The smallest absolute Gasteiger partial charge is 0.274 e. The Morgan fingerprint density at radius 3 is 2.44 bits per heavy atom. The SMILES string of the molecule is CC(=O)Nc1ccc(OCC(=Cc2ccc(C(=O)NO)cc2)CNc2cnc3ccccc3c2)cc1. The first-order valence-corrected chi connectivity index (χ1v) is 11.3. The van der Waals surface area contributed by atoms with Gasteiger partial charge in [-0.1, -0.05) is 36.4 Å². The fourth-order valence-electron chi connectivity index (χ4n) is 3.57. The number of anilines is 2. The molecule has 8 nitrogen and oxygen atoms in total. The Labute approximate surface area is 208 Å². The van der Waals surface area contributed by atoms with Crippen LogP contribution >= 0.6 is 0 Å². The van der Waals surface area contributed by atoms with Crippen LogP contribution in [-0.4, -0.2) is 35.2 Å². The minimum Gasteiger partial charge on any atom is -0.489 e. The van der Waals surface area contributed by atoms with Gasteiger partial charge in [0.2, 0.25) is 5.91 Å². The zero-order valence-corrected chi connectivity index (χ0v) is 19.7. The van der Waals surface area contributed by atoms with Crippen molar-refractivity contribution in [2.75, 3.05) is 23.8 Å². The van der Waals surface area contributed by atoms with Crippen molar-refractivity contribution in [2.24, 2.45) is 0 Å². The van der Waals surface area contributed by atoms with Crippen molar-refractivity contribution >= 4 is 40.2 Å². The van der Waals surface area contributed by atoms with Crippen LogP contribution in [0.15, 0.2) is 90.6 Å². The number of ether oxygens (including phenoxy) is 1. The Kier molecular flexibility index (Phi) is 7.90. The van der Waals surface area contributed by atoms with Gasteiger partial charge in [0, 0.05) is 30.1 Å². The van der Waals surface area contributed by atoms with Crippen LogP contribution in [0.4, 0.5) is 11.4 Å². The maximum Gasteiger partial charge on any atom is 0.274 e. The van der Waals surface area contributed by atoms with Crippen LogP contribution in [0.3, 0.4) is 0 Å². The first-order valence-electron chi connectivity index (χ1n) is 11.3. The maximum atomic E-state index is 11.6. The van der Waals surface area contributed by atoms with E-state index in [0.717, 1.165) is 27.7 Å². The molecule has 0 radical (unpaired) electrons. The van der Waals surface area contributed by atoms with E-state index in [2.05, 4.69) is 15.6 Å². The summed E-state index contributed by atoms with van der Waals surface area (Å²) in [7, 11) is 0. The van der Waals surface area contributed by atoms with Crippen LogP contribution in [0.2, 0.25) is 0 Å². The van der Waals surface area contributed by atoms with Crippen molar-refractivity contribution in [1.82, 2.24) is 10.5 Å². The fraction of sp³-hybridized carbons (Fsp3) is 0.107. The van der Waals surface area contributed by atoms with Gasteiger partial charge in [0.05, 0.1) is 17.4 Å². The van der Waals surface area contributed by atoms with E-state index in [0.29, 0.717) is 30.2 Å². The van der Waals surface area contributed by atoms with Gasteiger partial charge in [-0.25, -0.2) is 5.48 Å². The molecule has 0 spiro atoms. The number of pyridine rings is 1. The van der Waals surface area contributed by atoms with Gasteiger partial charge in [0.25, 0.3) is 5.91 Å². The van der Waals surface area contributed by atoms with E-state index in [-0.39, 0.29) is 5.91 Å². The molecule has 0 bridgehead atoms. The number of nitrogens with one attached hydrogen (secondary N) is 3. The molecule has 0 saturated heterocycles. The maximum absolute atomic E-state index is 11.6. The number of hydrogen-bond acceptors (Lipinski definition) is 6. The molecule has 2 amide bonds. The zero-order valence-electron chi connectivity index (χ0n) is 19.7. The molecule has 1 heterocycles. The Hall–Kier alpha value is -4.69. The molecule has 0 fully saturated rings. The molecule has 0 atom stereocenters. The Bertz CT molecular complexity index is 1380. The molecular weight excluding hydrogens is 456 g/mol. The number of carbonyl (C=O) groups excluding carboxylic acids is 2. The van der Waals surface area contributed by atoms with Gasteiger partial charge < -0.3 is 15.4 Å². The van der Waals surface area contributed by atoms with E-state index in [9.17, 15) is 9.59 Å². The van der Waals surface area contributed by atoms with Crippen molar-refractivity contribution in [3.8, 4) is 5.75 Å². The number of hydroxylamine groups is 1. The summed E-state index contributed by atoms with van der Waals surface area (Å²) in [6.07, 6.45) is 3.78. The van der Waals surface area contributed by atoms with Crippen molar-refractivity contribution in [2.45, 2.75) is 6.92 Å². The third kappa shape index (κ3) is 6.68. The predicted molar refractivity (Wildman–Crippen MR) is 140 cm³/mol.